The van der Waals surface area contributed by atoms with E-state index in [1.54, 1.807) is 0 Å². The average molecular weight is 367 g/mol. The van der Waals surface area contributed by atoms with Crippen LogP contribution in [0.3, 0.4) is 0 Å². The molecule has 2 saturated heterocycles. The molecule has 3 aliphatic rings. The molecule has 0 amide bonds. The summed E-state index contributed by atoms with van der Waals surface area (Å²) in [6.07, 6.45) is 4.08. The van der Waals surface area contributed by atoms with Gasteiger partial charge in [-0.3, -0.25) is 9.80 Å². The van der Waals surface area contributed by atoms with Crippen LogP contribution in [-0.4, -0.2) is 68.4 Å². The summed E-state index contributed by atoms with van der Waals surface area (Å²) in [5, 5.41) is 0.655. The van der Waals surface area contributed by atoms with E-state index in [1.807, 2.05) is 6.07 Å². The Morgan fingerprint density at radius 2 is 1.80 bits per heavy atom. The van der Waals surface area contributed by atoms with Gasteiger partial charge in [0.05, 0.1) is 11.1 Å². The summed E-state index contributed by atoms with van der Waals surface area (Å²) in [5.74, 6) is 1.47. The van der Waals surface area contributed by atoms with Crippen LogP contribution in [0.5, 0.6) is 11.5 Å². The number of rotatable bonds is 4. The molecule has 4 rings (SSSR count). The molecule has 6 heteroatoms. The van der Waals surface area contributed by atoms with E-state index in [-0.39, 0.29) is 0 Å². The Hall–Kier alpha value is -1.01. The Bertz CT molecular complexity index is 592. The lowest BCUT2D eigenvalue weighted by atomic mass is 10.1. The maximum atomic E-state index is 6.37. The minimum atomic E-state index is 0.447. The zero-order valence-corrected chi connectivity index (χ0v) is 15.5. The highest BCUT2D eigenvalue weighted by molar-refractivity contribution is 6.32. The van der Waals surface area contributed by atoms with Crippen molar-refractivity contribution < 1.29 is 14.2 Å². The van der Waals surface area contributed by atoms with Gasteiger partial charge in [-0.25, -0.2) is 0 Å². The van der Waals surface area contributed by atoms with E-state index in [0.29, 0.717) is 30.1 Å². The third-order valence-electron chi connectivity index (χ3n) is 5.23. The highest BCUT2D eigenvalue weighted by atomic mass is 35.5. The normalized spacial score (nSPS) is 25.1. The number of ether oxygens (including phenoxy) is 3. The quantitative estimate of drug-likeness (QED) is 0.818. The van der Waals surface area contributed by atoms with E-state index in [2.05, 4.69) is 15.9 Å². The molecule has 25 heavy (non-hydrogen) atoms. The number of halogens is 1. The van der Waals surface area contributed by atoms with Crippen LogP contribution in [0, 0.1) is 0 Å². The van der Waals surface area contributed by atoms with Crippen LogP contribution < -0.4 is 9.47 Å². The summed E-state index contributed by atoms with van der Waals surface area (Å²) in [6, 6.07) is 4.10. The minimum Gasteiger partial charge on any atom is -0.486 e. The summed E-state index contributed by atoms with van der Waals surface area (Å²) < 4.78 is 17.1. The molecule has 3 heterocycles. The fourth-order valence-corrected chi connectivity index (χ4v) is 4.24. The molecule has 5 nitrogen and oxygen atoms in total. The maximum absolute atomic E-state index is 6.37. The first-order valence-corrected chi connectivity index (χ1v) is 9.80. The Balaban J connectivity index is 1.34. The van der Waals surface area contributed by atoms with E-state index >= 15 is 0 Å². The fraction of sp³-hybridized carbons (Fsp3) is 0.684. The van der Waals surface area contributed by atoms with E-state index in [4.69, 9.17) is 25.8 Å². The third-order valence-corrected chi connectivity index (χ3v) is 5.51. The topological polar surface area (TPSA) is 34.2 Å². The second kappa shape index (κ2) is 8.12. The zero-order chi connectivity index (χ0) is 17.1. The molecule has 0 radical (unpaired) electrons. The van der Waals surface area contributed by atoms with E-state index in [1.165, 1.54) is 24.8 Å². The standard InChI is InChI=1S/C19H27ClN2O3/c20-17-11-15(12-18-19(17)25-10-9-24-18)13-21-4-2-5-22(7-6-21)14-16-3-1-8-23-16/h11-12,16H,1-10,13-14H2/t16-/m0/s1. The van der Waals surface area contributed by atoms with Crippen molar-refractivity contribution in [1.82, 2.24) is 9.80 Å². The molecule has 0 bridgehead atoms. The van der Waals surface area contributed by atoms with Gasteiger partial charge in [-0.1, -0.05) is 11.6 Å². The van der Waals surface area contributed by atoms with Gasteiger partial charge in [-0.2, -0.15) is 0 Å². The number of hydrogen-bond acceptors (Lipinski definition) is 5. The smallest absolute Gasteiger partial charge is 0.179 e. The maximum Gasteiger partial charge on any atom is 0.179 e. The zero-order valence-electron chi connectivity index (χ0n) is 14.7. The van der Waals surface area contributed by atoms with Gasteiger partial charge in [-0.15, -0.1) is 0 Å². The van der Waals surface area contributed by atoms with Crippen molar-refractivity contribution >= 4 is 11.6 Å². The Morgan fingerprint density at radius 1 is 0.960 bits per heavy atom. The Kier molecular flexibility index (Phi) is 5.66. The molecule has 1 aromatic rings. The van der Waals surface area contributed by atoms with Crippen molar-refractivity contribution in [2.75, 3.05) is 52.5 Å². The number of nitrogens with zero attached hydrogens (tertiary/aromatic N) is 2. The van der Waals surface area contributed by atoms with Crippen LogP contribution in [0.1, 0.15) is 24.8 Å². The summed E-state index contributed by atoms with van der Waals surface area (Å²) >= 11 is 6.37. The lowest BCUT2D eigenvalue weighted by Gasteiger charge is -2.25. The molecule has 0 saturated carbocycles. The Morgan fingerprint density at radius 3 is 2.68 bits per heavy atom. The third kappa shape index (κ3) is 4.40. The number of hydrogen-bond donors (Lipinski definition) is 0. The molecule has 2 fully saturated rings. The van der Waals surface area contributed by atoms with Gasteiger partial charge in [0.1, 0.15) is 13.2 Å². The Labute approximate surface area is 154 Å². The van der Waals surface area contributed by atoms with Crippen LogP contribution in [0.15, 0.2) is 12.1 Å². The van der Waals surface area contributed by atoms with Gasteiger partial charge in [0.2, 0.25) is 0 Å². The van der Waals surface area contributed by atoms with Gasteiger partial charge >= 0.3 is 0 Å². The number of fused-ring (bicyclic) bond motifs is 1. The molecular weight excluding hydrogens is 340 g/mol. The van der Waals surface area contributed by atoms with Crippen LogP contribution in [0.2, 0.25) is 5.02 Å². The second-order valence-corrected chi connectivity index (χ2v) is 7.57. The first-order valence-electron chi connectivity index (χ1n) is 9.42. The lowest BCUT2D eigenvalue weighted by Crippen LogP contribution is -2.35. The largest absolute Gasteiger partial charge is 0.486 e. The highest BCUT2D eigenvalue weighted by Crippen LogP contribution is 2.38. The molecule has 0 aromatic heterocycles. The van der Waals surface area contributed by atoms with Crippen molar-refractivity contribution in [2.24, 2.45) is 0 Å². The number of benzene rings is 1. The van der Waals surface area contributed by atoms with Crippen LogP contribution >= 0.6 is 11.6 Å². The molecule has 1 atom stereocenters. The molecular formula is C19H27ClN2O3. The average Bonchev–Trinajstić information content (AvgIpc) is 3.02. The molecule has 0 spiro atoms. The second-order valence-electron chi connectivity index (χ2n) is 7.17. The fourth-order valence-electron chi connectivity index (χ4n) is 3.96. The van der Waals surface area contributed by atoms with Crippen molar-refractivity contribution in [3.8, 4) is 11.5 Å². The summed E-state index contributed by atoms with van der Waals surface area (Å²) in [4.78, 5) is 5.07. The first kappa shape index (κ1) is 17.4. The van der Waals surface area contributed by atoms with Gasteiger partial charge in [-0.05, 0) is 50.0 Å². The van der Waals surface area contributed by atoms with E-state index in [9.17, 15) is 0 Å². The summed E-state index contributed by atoms with van der Waals surface area (Å²) in [6.45, 7) is 8.57. The van der Waals surface area contributed by atoms with Gasteiger partial charge in [0.15, 0.2) is 11.5 Å². The minimum absolute atomic E-state index is 0.447. The first-order chi connectivity index (χ1) is 12.3. The monoisotopic (exact) mass is 366 g/mol. The molecule has 1 aromatic carbocycles. The van der Waals surface area contributed by atoms with Crippen LogP contribution in [-0.2, 0) is 11.3 Å². The van der Waals surface area contributed by atoms with Gasteiger partial charge in [0.25, 0.3) is 0 Å². The molecule has 0 N–H and O–H groups in total. The molecule has 3 aliphatic heterocycles. The lowest BCUT2D eigenvalue weighted by molar-refractivity contribution is 0.0742. The van der Waals surface area contributed by atoms with Crippen molar-refractivity contribution in [2.45, 2.75) is 31.9 Å². The van der Waals surface area contributed by atoms with Gasteiger partial charge < -0.3 is 14.2 Å². The van der Waals surface area contributed by atoms with Crippen LogP contribution in [0.4, 0.5) is 0 Å². The highest BCUT2D eigenvalue weighted by Gasteiger charge is 2.22. The molecule has 138 valence electrons. The summed E-state index contributed by atoms with van der Waals surface area (Å²) in [7, 11) is 0. The van der Waals surface area contributed by atoms with Crippen molar-refractivity contribution in [3.05, 3.63) is 22.7 Å². The predicted molar refractivity (Wildman–Crippen MR) is 97.8 cm³/mol. The van der Waals surface area contributed by atoms with Crippen molar-refractivity contribution in [3.63, 3.8) is 0 Å². The van der Waals surface area contributed by atoms with Crippen LogP contribution in [0.25, 0.3) is 0 Å². The SMILES string of the molecule is Clc1cc(CN2CCCN(C[C@@H]3CCCO3)CC2)cc2c1OCCO2. The van der Waals surface area contributed by atoms with Gasteiger partial charge in [0, 0.05) is 32.8 Å². The van der Waals surface area contributed by atoms with E-state index < -0.39 is 0 Å². The van der Waals surface area contributed by atoms with Crippen molar-refractivity contribution in [1.29, 1.82) is 0 Å². The molecule has 0 unspecified atom stereocenters. The summed E-state index contributed by atoms with van der Waals surface area (Å²) in [5.41, 5.74) is 1.20. The predicted octanol–water partition coefficient (Wildman–Crippen LogP) is 2.80. The molecule has 0 aliphatic carbocycles. The van der Waals surface area contributed by atoms with E-state index in [0.717, 1.165) is 51.6 Å².